The summed E-state index contributed by atoms with van der Waals surface area (Å²) in [5, 5.41) is 13.7. The van der Waals surface area contributed by atoms with Crippen LogP contribution < -0.4 is 15.6 Å². The first-order chi connectivity index (χ1) is 16.3. The molecule has 9 heteroatoms. The largest absolute Gasteiger partial charge is 0.506 e. The van der Waals surface area contributed by atoms with E-state index in [0.29, 0.717) is 11.4 Å². The monoisotopic (exact) mass is 478 g/mol. The number of ether oxygens (including phenoxy) is 1. The Labute approximate surface area is 195 Å². The lowest BCUT2D eigenvalue weighted by molar-refractivity contribution is 0.102. The molecule has 0 fully saturated rings. The average molecular weight is 479 g/mol. The molecule has 34 heavy (non-hydrogen) atoms. The number of aromatic hydroxyl groups is 1. The van der Waals surface area contributed by atoms with Gasteiger partial charge >= 0.3 is 0 Å². The van der Waals surface area contributed by atoms with Gasteiger partial charge in [-0.25, -0.2) is 8.42 Å². The summed E-state index contributed by atoms with van der Waals surface area (Å²) in [4.78, 5) is 27.1. The van der Waals surface area contributed by atoms with Crippen LogP contribution in [0.2, 0.25) is 0 Å². The summed E-state index contributed by atoms with van der Waals surface area (Å²) >= 11 is 0. The fourth-order valence-corrected chi connectivity index (χ4v) is 5.06. The number of nitrogens with one attached hydrogen (secondary N) is 2. The molecule has 0 unspecified atom stereocenters. The van der Waals surface area contributed by atoms with Crippen molar-refractivity contribution in [1.29, 1.82) is 0 Å². The van der Waals surface area contributed by atoms with Gasteiger partial charge in [-0.1, -0.05) is 25.1 Å². The van der Waals surface area contributed by atoms with E-state index in [-0.39, 0.29) is 21.4 Å². The first-order valence-corrected chi connectivity index (χ1v) is 11.9. The van der Waals surface area contributed by atoms with Gasteiger partial charge in [0.15, 0.2) is 4.90 Å². The van der Waals surface area contributed by atoms with E-state index >= 15 is 0 Å². The van der Waals surface area contributed by atoms with Crippen molar-refractivity contribution in [3.8, 4) is 11.5 Å². The van der Waals surface area contributed by atoms with Gasteiger partial charge in [-0.3, -0.25) is 9.59 Å². The van der Waals surface area contributed by atoms with Gasteiger partial charge in [0, 0.05) is 16.6 Å². The number of para-hydroxylation sites is 1. The third-order valence-electron chi connectivity index (χ3n) is 5.49. The third kappa shape index (κ3) is 4.13. The van der Waals surface area contributed by atoms with Gasteiger partial charge < -0.3 is 20.1 Å². The van der Waals surface area contributed by atoms with E-state index in [4.69, 9.17) is 4.74 Å². The fraction of sp³-hybridized carbons (Fsp3) is 0.120. The van der Waals surface area contributed by atoms with Crippen LogP contribution in [-0.2, 0) is 16.3 Å². The van der Waals surface area contributed by atoms with E-state index in [0.717, 1.165) is 12.0 Å². The Balaban J connectivity index is 1.74. The number of aryl methyl sites for hydroxylation is 1. The van der Waals surface area contributed by atoms with E-state index in [1.807, 2.05) is 25.1 Å². The zero-order valence-electron chi connectivity index (χ0n) is 18.5. The molecule has 0 spiro atoms. The molecule has 3 aromatic carbocycles. The highest BCUT2D eigenvalue weighted by Crippen LogP contribution is 2.32. The number of anilines is 1. The van der Waals surface area contributed by atoms with Gasteiger partial charge in [0.1, 0.15) is 11.5 Å². The maximum atomic E-state index is 13.1. The van der Waals surface area contributed by atoms with Crippen LogP contribution in [0.15, 0.2) is 81.3 Å². The zero-order chi connectivity index (χ0) is 24.5. The molecule has 0 saturated heterocycles. The molecule has 4 aromatic rings. The molecule has 0 atom stereocenters. The van der Waals surface area contributed by atoms with Crippen LogP contribution in [0, 0.1) is 0 Å². The van der Waals surface area contributed by atoms with Crippen LogP contribution >= 0.6 is 0 Å². The number of carbonyl (C=O) groups excluding carboxylic acids is 1. The lowest BCUT2D eigenvalue weighted by Gasteiger charge is -2.12. The number of rotatable bonds is 6. The highest BCUT2D eigenvalue weighted by Gasteiger charge is 2.27. The summed E-state index contributed by atoms with van der Waals surface area (Å²) in [6, 6.07) is 17.1. The Morgan fingerprint density at radius 1 is 1.06 bits per heavy atom. The Morgan fingerprint density at radius 3 is 2.44 bits per heavy atom. The first-order valence-electron chi connectivity index (χ1n) is 10.4. The highest BCUT2D eigenvalue weighted by atomic mass is 32.2. The van der Waals surface area contributed by atoms with Gasteiger partial charge in [-0.15, -0.1) is 0 Å². The zero-order valence-corrected chi connectivity index (χ0v) is 19.3. The van der Waals surface area contributed by atoms with Crippen molar-refractivity contribution in [2.24, 2.45) is 0 Å². The Morgan fingerprint density at radius 2 is 1.76 bits per heavy atom. The topological polar surface area (TPSA) is 126 Å². The molecule has 1 amide bonds. The minimum atomic E-state index is -4.32. The van der Waals surface area contributed by atoms with Crippen molar-refractivity contribution in [3.05, 3.63) is 88.2 Å². The number of hydrogen-bond donors (Lipinski definition) is 3. The van der Waals surface area contributed by atoms with E-state index in [9.17, 15) is 23.1 Å². The van der Waals surface area contributed by atoms with Crippen molar-refractivity contribution in [2.75, 3.05) is 12.4 Å². The summed E-state index contributed by atoms with van der Waals surface area (Å²) in [5.74, 6) is -0.640. The SMILES string of the molecule is CCc1ccccc1NC(=O)c1ccc2c(O)c(S(=O)(=O)c3ccc(OC)cc3)c(=O)[nH]c2c1. The number of sulfone groups is 1. The van der Waals surface area contributed by atoms with E-state index in [1.54, 1.807) is 6.07 Å². The smallest absolute Gasteiger partial charge is 0.271 e. The van der Waals surface area contributed by atoms with Crippen molar-refractivity contribution in [2.45, 2.75) is 23.1 Å². The predicted octanol–water partition coefficient (Wildman–Crippen LogP) is 3.89. The molecule has 1 heterocycles. The first kappa shape index (κ1) is 23.1. The molecule has 0 radical (unpaired) electrons. The minimum Gasteiger partial charge on any atom is -0.506 e. The number of carbonyl (C=O) groups is 1. The lowest BCUT2D eigenvalue weighted by Crippen LogP contribution is -2.19. The summed E-state index contributed by atoms with van der Waals surface area (Å²) in [6.07, 6.45) is 0.737. The molecule has 3 N–H and O–H groups in total. The second-order valence-corrected chi connectivity index (χ2v) is 9.42. The predicted molar refractivity (Wildman–Crippen MR) is 128 cm³/mol. The molecule has 8 nitrogen and oxygen atoms in total. The van der Waals surface area contributed by atoms with Crippen LogP contribution in [0.5, 0.6) is 11.5 Å². The molecular weight excluding hydrogens is 456 g/mol. The third-order valence-corrected chi connectivity index (χ3v) is 7.30. The molecular formula is C25H22N2O6S. The maximum Gasteiger partial charge on any atom is 0.271 e. The van der Waals surface area contributed by atoms with Crippen molar-refractivity contribution >= 4 is 32.3 Å². The van der Waals surface area contributed by atoms with Crippen molar-refractivity contribution in [3.63, 3.8) is 0 Å². The number of methoxy groups -OCH3 is 1. The number of hydrogen-bond acceptors (Lipinski definition) is 6. The summed E-state index contributed by atoms with van der Waals surface area (Å²) in [6.45, 7) is 1.98. The van der Waals surface area contributed by atoms with Crippen LogP contribution in [0.25, 0.3) is 10.9 Å². The fourth-order valence-electron chi connectivity index (χ4n) is 3.67. The van der Waals surface area contributed by atoms with E-state index in [1.165, 1.54) is 49.6 Å². The van der Waals surface area contributed by atoms with Crippen LogP contribution in [0.1, 0.15) is 22.8 Å². The standard InChI is InChI=1S/C25H22N2O6S/c1-3-15-6-4-5-7-20(15)26-24(29)16-8-13-19-21(14-16)27-25(30)23(22(19)28)34(31,32)18-11-9-17(33-2)10-12-18/h4-14H,3H2,1-2H3,(H,26,29)(H2,27,28,30). The second kappa shape index (κ2) is 9.03. The summed E-state index contributed by atoms with van der Waals surface area (Å²) in [5.41, 5.74) is 1.02. The van der Waals surface area contributed by atoms with Gasteiger partial charge in [-0.2, -0.15) is 0 Å². The number of aromatic amines is 1. The molecule has 0 saturated carbocycles. The molecule has 0 aliphatic heterocycles. The Bertz CT molecular complexity index is 1560. The van der Waals surface area contributed by atoms with E-state index in [2.05, 4.69) is 10.3 Å². The van der Waals surface area contributed by atoms with Crippen LogP contribution in [0.4, 0.5) is 5.69 Å². The quantitative estimate of drug-likeness (QED) is 0.386. The molecule has 1 aromatic heterocycles. The summed E-state index contributed by atoms with van der Waals surface area (Å²) < 4.78 is 31.2. The van der Waals surface area contributed by atoms with Crippen molar-refractivity contribution in [1.82, 2.24) is 4.98 Å². The van der Waals surface area contributed by atoms with Crippen LogP contribution in [-0.4, -0.2) is 31.5 Å². The molecule has 4 rings (SSSR count). The van der Waals surface area contributed by atoms with E-state index < -0.39 is 31.9 Å². The normalized spacial score (nSPS) is 11.4. The summed E-state index contributed by atoms with van der Waals surface area (Å²) in [7, 11) is -2.88. The molecule has 0 bridgehead atoms. The number of amides is 1. The van der Waals surface area contributed by atoms with Crippen LogP contribution in [0.3, 0.4) is 0 Å². The van der Waals surface area contributed by atoms with Gasteiger partial charge in [0.2, 0.25) is 9.84 Å². The highest BCUT2D eigenvalue weighted by molar-refractivity contribution is 7.91. The van der Waals surface area contributed by atoms with Crippen molar-refractivity contribution < 1.29 is 23.1 Å². The Kier molecular flexibility index (Phi) is 6.12. The number of aromatic nitrogens is 1. The van der Waals surface area contributed by atoms with Gasteiger partial charge in [0.25, 0.3) is 11.5 Å². The molecule has 0 aliphatic carbocycles. The lowest BCUT2D eigenvalue weighted by atomic mass is 10.1. The van der Waals surface area contributed by atoms with Gasteiger partial charge in [0.05, 0.1) is 17.5 Å². The average Bonchev–Trinajstić information content (AvgIpc) is 2.83. The second-order valence-electron chi connectivity index (χ2n) is 7.54. The Hall–Kier alpha value is -4.11. The molecule has 0 aliphatic rings. The number of pyridine rings is 1. The minimum absolute atomic E-state index is 0.0946. The number of benzene rings is 3. The number of H-pyrrole nitrogens is 1. The van der Waals surface area contributed by atoms with Gasteiger partial charge in [-0.05, 0) is 60.5 Å². The number of fused-ring (bicyclic) bond motifs is 1. The molecule has 174 valence electrons. The maximum absolute atomic E-state index is 13.1.